The second kappa shape index (κ2) is 5.06. The first-order valence-electron chi connectivity index (χ1n) is 5.39. The Balaban J connectivity index is 2.34. The van der Waals surface area contributed by atoms with Gasteiger partial charge in [0.15, 0.2) is 5.82 Å². The summed E-state index contributed by atoms with van der Waals surface area (Å²) in [6.07, 6.45) is 2.77. The first kappa shape index (κ1) is 13.6. The number of nitrogen functional groups attached to an aromatic ring is 1. The zero-order valence-corrected chi connectivity index (χ0v) is 11.6. The van der Waals surface area contributed by atoms with Gasteiger partial charge in [0, 0.05) is 30.0 Å². The van der Waals surface area contributed by atoms with E-state index < -0.39 is 10.0 Å². The average Bonchev–Trinajstić information content (AvgIpc) is 2.71. The maximum Gasteiger partial charge on any atom is 0.268 e. The Bertz CT molecular complexity index is 698. The van der Waals surface area contributed by atoms with Crippen molar-refractivity contribution in [2.75, 3.05) is 10.5 Å². The lowest BCUT2D eigenvalue weighted by Gasteiger charge is -2.05. The van der Waals surface area contributed by atoms with Crippen LogP contribution in [0.5, 0.6) is 0 Å². The van der Waals surface area contributed by atoms with E-state index in [1.807, 2.05) is 6.92 Å². The molecule has 0 unspecified atom stereocenters. The van der Waals surface area contributed by atoms with Gasteiger partial charge in [0.2, 0.25) is 0 Å². The molecule has 2 heterocycles. The van der Waals surface area contributed by atoms with Gasteiger partial charge in [-0.05, 0) is 13.0 Å². The Morgan fingerprint density at radius 1 is 1.53 bits per heavy atom. The summed E-state index contributed by atoms with van der Waals surface area (Å²) in [4.78, 5) is 3.78. The topological polar surface area (TPSA) is 103 Å². The van der Waals surface area contributed by atoms with Crippen LogP contribution in [0.15, 0.2) is 29.4 Å². The van der Waals surface area contributed by atoms with Gasteiger partial charge in [0.25, 0.3) is 10.0 Å². The predicted molar refractivity (Wildman–Crippen MR) is 72.4 cm³/mol. The van der Waals surface area contributed by atoms with E-state index in [0.29, 0.717) is 11.6 Å². The quantitative estimate of drug-likeness (QED) is 0.887. The van der Waals surface area contributed by atoms with Gasteiger partial charge in [-0.25, -0.2) is 13.4 Å². The van der Waals surface area contributed by atoms with Gasteiger partial charge in [-0.15, -0.1) is 0 Å². The molecule has 7 nitrogen and oxygen atoms in total. The van der Waals surface area contributed by atoms with Gasteiger partial charge in [-0.3, -0.25) is 9.40 Å². The third-order valence-electron chi connectivity index (χ3n) is 2.33. The molecule has 0 bridgehead atoms. The van der Waals surface area contributed by atoms with Crippen LogP contribution in [-0.4, -0.2) is 23.2 Å². The minimum Gasteiger partial charge on any atom is -0.381 e. The number of nitrogens with one attached hydrogen (secondary N) is 1. The van der Waals surface area contributed by atoms with Crippen LogP contribution in [0.25, 0.3) is 0 Å². The zero-order valence-electron chi connectivity index (χ0n) is 10.0. The van der Waals surface area contributed by atoms with E-state index >= 15 is 0 Å². The third kappa shape index (κ3) is 2.96. The Kier molecular flexibility index (Phi) is 3.63. The van der Waals surface area contributed by atoms with Crippen molar-refractivity contribution < 1.29 is 8.42 Å². The minimum absolute atomic E-state index is 0.0589. The van der Waals surface area contributed by atoms with Crippen molar-refractivity contribution in [1.82, 2.24) is 14.8 Å². The fraction of sp³-hybridized carbons (Fsp3) is 0.200. The van der Waals surface area contributed by atoms with Crippen LogP contribution in [0, 0.1) is 0 Å². The van der Waals surface area contributed by atoms with Crippen LogP contribution in [0.2, 0.25) is 5.02 Å². The van der Waals surface area contributed by atoms with Crippen LogP contribution in [-0.2, 0) is 16.6 Å². The molecule has 0 atom stereocenters. The van der Waals surface area contributed by atoms with Gasteiger partial charge < -0.3 is 5.73 Å². The number of rotatable bonds is 4. The fourth-order valence-corrected chi connectivity index (χ4v) is 2.67. The van der Waals surface area contributed by atoms with Gasteiger partial charge >= 0.3 is 0 Å². The molecule has 0 saturated heterocycles. The van der Waals surface area contributed by atoms with Crippen molar-refractivity contribution >= 4 is 33.3 Å². The monoisotopic (exact) mass is 301 g/mol. The molecular weight excluding hydrogens is 290 g/mol. The van der Waals surface area contributed by atoms with Gasteiger partial charge in [-0.1, -0.05) is 11.6 Å². The highest BCUT2D eigenvalue weighted by Crippen LogP contribution is 2.20. The number of pyridine rings is 1. The molecule has 2 aromatic heterocycles. The highest BCUT2D eigenvalue weighted by atomic mass is 35.5. The molecule has 0 fully saturated rings. The Hall–Kier alpha value is -1.80. The van der Waals surface area contributed by atoms with Crippen LogP contribution in [0.4, 0.5) is 11.6 Å². The van der Waals surface area contributed by atoms with Crippen LogP contribution in [0.1, 0.15) is 6.92 Å². The standard InChI is InChI=1S/C10H12ClN5O2S/c1-2-16-6-8(10(12)14-16)19(17,18)15-9-5-7(11)3-4-13-9/h3-6H,2H2,1H3,(H2,12,14)(H,13,15). The van der Waals surface area contributed by atoms with Crippen molar-refractivity contribution in [2.24, 2.45) is 0 Å². The van der Waals surface area contributed by atoms with E-state index in [9.17, 15) is 8.42 Å². The Morgan fingerprint density at radius 2 is 2.26 bits per heavy atom. The lowest BCUT2D eigenvalue weighted by atomic mass is 10.5. The first-order valence-corrected chi connectivity index (χ1v) is 7.26. The van der Waals surface area contributed by atoms with Crippen LogP contribution in [0.3, 0.4) is 0 Å². The minimum atomic E-state index is -3.83. The Morgan fingerprint density at radius 3 is 2.84 bits per heavy atom. The van der Waals surface area contributed by atoms with E-state index in [2.05, 4.69) is 14.8 Å². The maximum absolute atomic E-state index is 12.1. The fourth-order valence-electron chi connectivity index (χ4n) is 1.44. The molecule has 0 radical (unpaired) electrons. The molecule has 9 heteroatoms. The molecule has 0 amide bonds. The number of sulfonamides is 1. The summed E-state index contributed by atoms with van der Waals surface area (Å²) >= 11 is 5.76. The molecule has 0 saturated carbocycles. The molecule has 0 aliphatic heterocycles. The summed E-state index contributed by atoms with van der Waals surface area (Å²) in [6, 6.07) is 2.95. The van der Waals surface area contributed by atoms with Crippen molar-refractivity contribution in [2.45, 2.75) is 18.4 Å². The average molecular weight is 302 g/mol. The number of halogens is 1. The van der Waals surface area contributed by atoms with Crippen LogP contribution < -0.4 is 10.5 Å². The third-order valence-corrected chi connectivity index (χ3v) is 3.94. The smallest absolute Gasteiger partial charge is 0.268 e. The summed E-state index contributed by atoms with van der Waals surface area (Å²) in [6.45, 7) is 2.35. The van der Waals surface area contributed by atoms with E-state index in [1.165, 1.54) is 23.1 Å². The summed E-state index contributed by atoms with van der Waals surface area (Å²) in [5.41, 5.74) is 5.59. The lowest BCUT2D eigenvalue weighted by molar-refractivity contribution is 0.600. The molecule has 0 aliphatic carbocycles. The molecular formula is C10H12ClN5O2S. The van der Waals surface area contributed by atoms with Crippen LogP contribution >= 0.6 is 11.6 Å². The number of hydrogen-bond donors (Lipinski definition) is 2. The summed E-state index contributed by atoms with van der Waals surface area (Å²) in [7, 11) is -3.83. The number of aromatic nitrogens is 3. The van der Waals surface area contributed by atoms with Crippen molar-refractivity contribution in [1.29, 1.82) is 0 Å². The number of aryl methyl sites for hydroxylation is 1. The lowest BCUT2D eigenvalue weighted by Crippen LogP contribution is -2.14. The van der Waals surface area contributed by atoms with E-state index in [0.717, 1.165) is 0 Å². The zero-order chi connectivity index (χ0) is 14.0. The van der Waals surface area contributed by atoms with Gasteiger partial charge in [0.1, 0.15) is 10.7 Å². The number of nitrogens with two attached hydrogens (primary N) is 1. The SMILES string of the molecule is CCn1cc(S(=O)(=O)Nc2cc(Cl)ccn2)c(N)n1. The highest BCUT2D eigenvalue weighted by Gasteiger charge is 2.21. The molecule has 0 aliphatic rings. The van der Waals surface area contributed by atoms with E-state index in [4.69, 9.17) is 17.3 Å². The van der Waals surface area contributed by atoms with Gasteiger partial charge in [0.05, 0.1) is 0 Å². The number of anilines is 2. The number of hydrogen-bond acceptors (Lipinski definition) is 5. The molecule has 0 aromatic carbocycles. The summed E-state index contributed by atoms with van der Waals surface area (Å²) in [5, 5.41) is 4.26. The largest absolute Gasteiger partial charge is 0.381 e. The normalized spacial score (nSPS) is 11.5. The summed E-state index contributed by atoms with van der Waals surface area (Å²) in [5.74, 6) is 0.0625. The first-order chi connectivity index (χ1) is 8.92. The highest BCUT2D eigenvalue weighted by molar-refractivity contribution is 7.92. The molecule has 102 valence electrons. The maximum atomic E-state index is 12.1. The Labute approximate surface area is 115 Å². The molecule has 2 aromatic rings. The predicted octanol–water partition coefficient (Wildman–Crippen LogP) is 1.33. The van der Waals surface area contributed by atoms with Gasteiger partial charge in [-0.2, -0.15) is 5.10 Å². The number of nitrogens with zero attached hydrogens (tertiary/aromatic N) is 3. The molecule has 3 N–H and O–H groups in total. The van der Waals surface area contributed by atoms with E-state index in [1.54, 1.807) is 6.07 Å². The molecule has 19 heavy (non-hydrogen) atoms. The van der Waals surface area contributed by atoms with E-state index in [-0.39, 0.29) is 16.5 Å². The van der Waals surface area contributed by atoms with Crippen molar-refractivity contribution in [3.8, 4) is 0 Å². The summed E-state index contributed by atoms with van der Waals surface area (Å²) < 4.78 is 28.0. The second-order valence-electron chi connectivity index (χ2n) is 3.70. The second-order valence-corrected chi connectivity index (χ2v) is 5.79. The van der Waals surface area contributed by atoms with Crippen molar-refractivity contribution in [3.63, 3.8) is 0 Å². The molecule has 0 spiro atoms. The molecule has 2 rings (SSSR count). The van der Waals surface area contributed by atoms with Crippen molar-refractivity contribution in [3.05, 3.63) is 29.5 Å².